The predicted molar refractivity (Wildman–Crippen MR) is 71.8 cm³/mol. The fraction of sp³-hybridized carbons (Fsp3) is 0.692. The second kappa shape index (κ2) is 6.00. The van der Waals surface area contributed by atoms with Gasteiger partial charge in [-0.15, -0.1) is 0 Å². The van der Waals surface area contributed by atoms with E-state index in [1.807, 2.05) is 19.9 Å². The summed E-state index contributed by atoms with van der Waals surface area (Å²) in [4.78, 5) is 8.74. The molecule has 0 saturated heterocycles. The van der Waals surface area contributed by atoms with Crippen LogP contribution in [0, 0.1) is 6.92 Å². The Bertz CT molecular complexity index is 397. The lowest BCUT2D eigenvalue weighted by atomic mass is 9.91. The van der Waals surface area contributed by atoms with Crippen molar-refractivity contribution in [1.82, 2.24) is 9.97 Å². The number of hydrogen-bond donors (Lipinski definition) is 2. The Morgan fingerprint density at radius 2 is 2.17 bits per heavy atom. The van der Waals surface area contributed by atoms with E-state index in [1.54, 1.807) is 0 Å². The first-order valence-electron chi connectivity index (χ1n) is 6.69. The van der Waals surface area contributed by atoms with Crippen LogP contribution in [0.4, 0.5) is 5.95 Å². The Hall–Kier alpha value is -1.36. The molecule has 0 aliphatic heterocycles. The third-order valence-corrected chi connectivity index (χ3v) is 3.26. The Morgan fingerprint density at radius 3 is 2.89 bits per heavy atom. The zero-order valence-corrected chi connectivity index (χ0v) is 11.1. The molecule has 1 heterocycles. The number of aromatic nitrogens is 2. The quantitative estimate of drug-likeness (QED) is 0.853. The van der Waals surface area contributed by atoms with Crippen LogP contribution in [0.5, 0.6) is 5.88 Å². The van der Waals surface area contributed by atoms with Crippen molar-refractivity contribution in [2.45, 2.75) is 51.6 Å². The summed E-state index contributed by atoms with van der Waals surface area (Å²) < 4.78 is 5.42. The summed E-state index contributed by atoms with van der Waals surface area (Å²) in [6.07, 6.45) is 4.60. The fourth-order valence-electron chi connectivity index (χ4n) is 2.33. The average molecular weight is 250 g/mol. The number of nitrogens with one attached hydrogen (secondary N) is 1. The van der Waals surface area contributed by atoms with Crippen LogP contribution in [0.2, 0.25) is 0 Å². The molecule has 0 spiro atoms. The number of rotatable bonds is 4. The van der Waals surface area contributed by atoms with Gasteiger partial charge in [-0.1, -0.05) is 12.8 Å². The summed E-state index contributed by atoms with van der Waals surface area (Å²) in [7, 11) is 0. The maximum atomic E-state index is 6.11. The van der Waals surface area contributed by atoms with Gasteiger partial charge in [0.1, 0.15) is 0 Å². The van der Waals surface area contributed by atoms with E-state index in [9.17, 15) is 0 Å². The molecule has 5 heteroatoms. The van der Waals surface area contributed by atoms with Crippen LogP contribution in [0.1, 0.15) is 38.3 Å². The van der Waals surface area contributed by atoms with Gasteiger partial charge in [0, 0.05) is 23.8 Å². The first kappa shape index (κ1) is 13.1. The third kappa shape index (κ3) is 3.32. The third-order valence-electron chi connectivity index (χ3n) is 3.26. The van der Waals surface area contributed by atoms with Gasteiger partial charge in [0.05, 0.1) is 6.61 Å². The predicted octanol–water partition coefficient (Wildman–Crippen LogP) is 1.87. The summed E-state index contributed by atoms with van der Waals surface area (Å²) >= 11 is 0. The van der Waals surface area contributed by atoms with Crippen LogP contribution >= 0.6 is 0 Å². The lowest BCUT2D eigenvalue weighted by Crippen LogP contribution is -2.43. The molecule has 0 radical (unpaired) electrons. The molecular weight excluding hydrogens is 228 g/mol. The number of ether oxygens (including phenoxy) is 1. The van der Waals surface area contributed by atoms with Crippen molar-refractivity contribution >= 4 is 5.95 Å². The number of aryl methyl sites for hydroxylation is 1. The minimum Gasteiger partial charge on any atom is -0.478 e. The maximum Gasteiger partial charge on any atom is 0.226 e. The highest BCUT2D eigenvalue weighted by Gasteiger charge is 2.22. The molecule has 100 valence electrons. The summed E-state index contributed by atoms with van der Waals surface area (Å²) in [5.41, 5.74) is 7.02. The van der Waals surface area contributed by atoms with Crippen molar-refractivity contribution in [2.24, 2.45) is 5.73 Å². The zero-order valence-electron chi connectivity index (χ0n) is 11.1. The van der Waals surface area contributed by atoms with E-state index in [4.69, 9.17) is 10.5 Å². The minimum atomic E-state index is 0.193. The van der Waals surface area contributed by atoms with E-state index >= 15 is 0 Å². The molecule has 1 saturated carbocycles. The molecule has 1 aromatic rings. The topological polar surface area (TPSA) is 73.1 Å². The van der Waals surface area contributed by atoms with E-state index in [0.717, 1.165) is 18.5 Å². The molecule has 0 bridgehead atoms. The Labute approximate surface area is 108 Å². The van der Waals surface area contributed by atoms with Crippen LogP contribution < -0.4 is 15.8 Å². The van der Waals surface area contributed by atoms with Crippen LogP contribution in [0.15, 0.2) is 6.07 Å². The van der Waals surface area contributed by atoms with Gasteiger partial charge < -0.3 is 15.8 Å². The van der Waals surface area contributed by atoms with E-state index in [-0.39, 0.29) is 12.1 Å². The molecule has 2 atom stereocenters. The Balaban J connectivity index is 2.07. The van der Waals surface area contributed by atoms with Crippen molar-refractivity contribution in [1.29, 1.82) is 0 Å². The molecule has 0 aromatic carbocycles. The lowest BCUT2D eigenvalue weighted by Gasteiger charge is -2.29. The van der Waals surface area contributed by atoms with E-state index in [0.29, 0.717) is 18.4 Å². The molecule has 1 aliphatic carbocycles. The SMILES string of the molecule is CCOc1cc(C)nc(NC2CCCCC2N)n1. The number of nitrogens with zero attached hydrogens (tertiary/aromatic N) is 2. The summed E-state index contributed by atoms with van der Waals surface area (Å²) in [5.74, 6) is 1.25. The van der Waals surface area contributed by atoms with Crippen molar-refractivity contribution < 1.29 is 4.74 Å². The van der Waals surface area contributed by atoms with Gasteiger partial charge in [-0.2, -0.15) is 4.98 Å². The van der Waals surface area contributed by atoms with E-state index in [2.05, 4.69) is 15.3 Å². The first-order valence-corrected chi connectivity index (χ1v) is 6.69. The van der Waals surface area contributed by atoms with Crippen LogP contribution in [-0.4, -0.2) is 28.7 Å². The average Bonchev–Trinajstić information content (AvgIpc) is 2.32. The van der Waals surface area contributed by atoms with Crippen molar-refractivity contribution in [2.75, 3.05) is 11.9 Å². The molecule has 18 heavy (non-hydrogen) atoms. The smallest absolute Gasteiger partial charge is 0.226 e. The first-order chi connectivity index (χ1) is 8.69. The molecule has 0 amide bonds. The van der Waals surface area contributed by atoms with Gasteiger partial charge in [0.15, 0.2) is 0 Å². The molecule has 1 aliphatic rings. The number of anilines is 1. The van der Waals surface area contributed by atoms with Gasteiger partial charge in [-0.25, -0.2) is 4.98 Å². The fourth-order valence-corrected chi connectivity index (χ4v) is 2.33. The van der Waals surface area contributed by atoms with Crippen LogP contribution in [-0.2, 0) is 0 Å². The van der Waals surface area contributed by atoms with Gasteiger partial charge in [0.2, 0.25) is 11.8 Å². The second-order valence-electron chi connectivity index (χ2n) is 4.80. The molecular formula is C13H22N4O. The summed E-state index contributed by atoms with van der Waals surface area (Å²) in [5, 5.41) is 3.34. The molecule has 1 aromatic heterocycles. The highest BCUT2D eigenvalue weighted by atomic mass is 16.5. The zero-order chi connectivity index (χ0) is 13.0. The van der Waals surface area contributed by atoms with Gasteiger partial charge in [0.25, 0.3) is 0 Å². The van der Waals surface area contributed by atoms with Crippen molar-refractivity contribution in [3.05, 3.63) is 11.8 Å². The van der Waals surface area contributed by atoms with Gasteiger partial charge in [-0.05, 0) is 26.7 Å². The van der Waals surface area contributed by atoms with E-state index in [1.165, 1.54) is 12.8 Å². The Morgan fingerprint density at radius 1 is 1.39 bits per heavy atom. The monoisotopic (exact) mass is 250 g/mol. The normalized spacial score (nSPS) is 23.7. The second-order valence-corrected chi connectivity index (χ2v) is 4.80. The van der Waals surface area contributed by atoms with Crippen molar-refractivity contribution in [3.8, 4) is 5.88 Å². The highest BCUT2D eigenvalue weighted by Crippen LogP contribution is 2.20. The standard InChI is InChI=1S/C13H22N4O/c1-3-18-12-8-9(2)15-13(17-12)16-11-7-5-4-6-10(11)14/h8,10-11H,3-7,14H2,1-2H3,(H,15,16,17). The van der Waals surface area contributed by atoms with Crippen LogP contribution in [0.3, 0.4) is 0 Å². The van der Waals surface area contributed by atoms with Crippen LogP contribution in [0.25, 0.3) is 0 Å². The minimum absolute atomic E-state index is 0.193. The Kier molecular flexibility index (Phi) is 4.36. The molecule has 2 unspecified atom stereocenters. The maximum absolute atomic E-state index is 6.11. The number of nitrogens with two attached hydrogens (primary N) is 1. The van der Waals surface area contributed by atoms with Gasteiger partial charge >= 0.3 is 0 Å². The molecule has 1 fully saturated rings. The summed E-state index contributed by atoms with van der Waals surface area (Å²) in [6, 6.07) is 2.31. The molecule has 3 N–H and O–H groups in total. The molecule has 2 rings (SSSR count). The van der Waals surface area contributed by atoms with E-state index < -0.39 is 0 Å². The summed E-state index contributed by atoms with van der Waals surface area (Å²) in [6.45, 7) is 4.50. The molecule has 5 nitrogen and oxygen atoms in total. The lowest BCUT2D eigenvalue weighted by molar-refractivity contribution is 0.326. The van der Waals surface area contributed by atoms with Gasteiger partial charge in [-0.3, -0.25) is 0 Å². The highest BCUT2D eigenvalue weighted by molar-refractivity contribution is 5.32. The van der Waals surface area contributed by atoms with Crippen molar-refractivity contribution in [3.63, 3.8) is 0 Å². The number of hydrogen-bond acceptors (Lipinski definition) is 5. The largest absolute Gasteiger partial charge is 0.478 e.